The molecule has 8 heteroatoms. The minimum Gasteiger partial charge on any atom is -0.395 e. The Kier molecular flexibility index (Phi) is 4.38. The lowest BCUT2D eigenvalue weighted by atomic mass is 10.2. The molecule has 0 fully saturated rings. The Balaban J connectivity index is 3.31. The van der Waals surface area contributed by atoms with Gasteiger partial charge in [0.1, 0.15) is 0 Å². The van der Waals surface area contributed by atoms with E-state index in [4.69, 9.17) is 5.11 Å². The quantitative estimate of drug-likeness (QED) is 0.623. The van der Waals surface area contributed by atoms with Crippen molar-refractivity contribution in [3.63, 3.8) is 0 Å². The highest BCUT2D eigenvalue weighted by molar-refractivity contribution is 7.89. The molecule has 0 aliphatic heterocycles. The topological polar surface area (TPSA) is 101 Å². The zero-order valence-corrected chi connectivity index (χ0v) is 10.8. The van der Waals surface area contributed by atoms with Crippen LogP contribution >= 0.6 is 0 Å². The number of rotatable bonds is 5. The highest BCUT2D eigenvalue weighted by Gasteiger charge is 2.24. The van der Waals surface area contributed by atoms with Crippen LogP contribution in [0.25, 0.3) is 0 Å². The van der Waals surface area contributed by atoms with Crippen molar-refractivity contribution >= 4 is 15.7 Å². The van der Waals surface area contributed by atoms with Crippen molar-refractivity contribution < 1.29 is 18.4 Å². The molecule has 0 aliphatic rings. The molecular formula is C10H14N2O5S. The molecule has 0 aliphatic carbocycles. The van der Waals surface area contributed by atoms with Crippen molar-refractivity contribution in [1.29, 1.82) is 0 Å². The molecule has 7 nitrogen and oxygen atoms in total. The van der Waals surface area contributed by atoms with Gasteiger partial charge in [-0.05, 0) is 12.5 Å². The van der Waals surface area contributed by atoms with E-state index >= 15 is 0 Å². The molecule has 0 unspecified atom stereocenters. The van der Waals surface area contributed by atoms with Gasteiger partial charge in [0.15, 0.2) is 0 Å². The smallest absolute Gasteiger partial charge is 0.270 e. The average Bonchev–Trinajstić information content (AvgIpc) is 2.29. The number of aryl methyl sites for hydroxylation is 1. The molecule has 0 amide bonds. The number of likely N-dealkylation sites (N-methyl/N-ethyl adjacent to an activating group) is 1. The Morgan fingerprint density at radius 2 is 2.06 bits per heavy atom. The van der Waals surface area contributed by atoms with Gasteiger partial charge in [0, 0.05) is 25.7 Å². The second-order valence-corrected chi connectivity index (χ2v) is 5.77. The lowest BCUT2D eigenvalue weighted by Gasteiger charge is -2.17. The second kappa shape index (κ2) is 5.42. The Labute approximate surface area is 105 Å². The van der Waals surface area contributed by atoms with Crippen LogP contribution in [-0.2, 0) is 10.0 Å². The van der Waals surface area contributed by atoms with Gasteiger partial charge in [-0.1, -0.05) is 6.07 Å². The van der Waals surface area contributed by atoms with E-state index in [0.29, 0.717) is 5.56 Å². The number of nitro groups is 1. The molecule has 1 aromatic carbocycles. The van der Waals surface area contributed by atoms with E-state index in [2.05, 4.69) is 0 Å². The van der Waals surface area contributed by atoms with Gasteiger partial charge in [0.05, 0.1) is 16.4 Å². The minimum atomic E-state index is -3.82. The van der Waals surface area contributed by atoms with Crippen LogP contribution in [0.1, 0.15) is 5.56 Å². The minimum absolute atomic E-state index is 0.0650. The maximum Gasteiger partial charge on any atom is 0.270 e. The van der Waals surface area contributed by atoms with Gasteiger partial charge in [0.25, 0.3) is 5.69 Å². The molecule has 0 saturated carbocycles. The molecule has 18 heavy (non-hydrogen) atoms. The number of aliphatic hydroxyl groups is 1. The summed E-state index contributed by atoms with van der Waals surface area (Å²) in [7, 11) is -2.51. The molecule has 0 radical (unpaired) electrons. The van der Waals surface area contributed by atoms with Crippen LogP contribution in [0.5, 0.6) is 0 Å². The molecule has 0 spiro atoms. The van der Waals surface area contributed by atoms with Crippen LogP contribution in [-0.4, -0.2) is 43.0 Å². The van der Waals surface area contributed by atoms with Gasteiger partial charge in [0.2, 0.25) is 10.0 Å². The maximum absolute atomic E-state index is 12.1. The largest absolute Gasteiger partial charge is 0.395 e. The van der Waals surface area contributed by atoms with Crippen LogP contribution in [0.2, 0.25) is 0 Å². The van der Waals surface area contributed by atoms with E-state index in [1.165, 1.54) is 19.2 Å². The molecule has 1 aromatic rings. The molecule has 100 valence electrons. The Morgan fingerprint density at radius 3 is 2.56 bits per heavy atom. The fourth-order valence-corrected chi connectivity index (χ4v) is 2.81. The molecule has 0 saturated heterocycles. The van der Waals surface area contributed by atoms with Crippen LogP contribution in [0, 0.1) is 17.0 Å². The van der Waals surface area contributed by atoms with E-state index in [9.17, 15) is 18.5 Å². The summed E-state index contributed by atoms with van der Waals surface area (Å²) < 4.78 is 25.2. The number of hydrogen-bond acceptors (Lipinski definition) is 5. The predicted molar refractivity (Wildman–Crippen MR) is 64.7 cm³/mol. The summed E-state index contributed by atoms with van der Waals surface area (Å²) in [5.41, 5.74) is 0.141. The number of non-ortho nitro benzene ring substituents is 1. The van der Waals surface area contributed by atoms with Crippen molar-refractivity contribution in [3.05, 3.63) is 33.9 Å². The normalized spacial score (nSPS) is 11.8. The Hall–Kier alpha value is -1.51. The van der Waals surface area contributed by atoms with Crippen molar-refractivity contribution in [2.75, 3.05) is 20.2 Å². The van der Waals surface area contributed by atoms with Gasteiger partial charge in [-0.15, -0.1) is 0 Å². The summed E-state index contributed by atoms with van der Waals surface area (Å²) in [5, 5.41) is 19.4. The summed E-state index contributed by atoms with van der Waals surface area (Å²) in [6, 6.07) is 3.66. The Bertz CT molecular complexity index is 555. The zero-order valence-electron chi connectivity index (χ0n) is 10.0. The van der Waals surface area contributed by atoms with E-state index in [0.717, 1.165) is 10.4 Å². The SMILES string of the molecule is Cc1ccc([N+](=O)[O-])cc1S(=O)(=O)N(C)CCO. The van der Waals surface area contributed by atoms with E-state index in [1.807, 2.05) is 0 Å². The molecule has 0 aromatic heterocycles. The number of benzene rings is 1. The second-order valence-electron chi connectivity index (χ2n) is 3.76. The van der Waals surface area contributed by atoms with Gasteiger partial charge in [-0.3, -0.25) is 10.1 Å². The summed E-state index contributed by atoms with van der Waals surface area (Å²) >= 11 is 0. The highest BCUT2D eigenvalue weighted by atomic mass is 32.2. The summed E-state index contributed by atoms with van der Waals surface area (Å²) in [4.78, 5) is 9.88. The standard InChI is InChI=1S/C10H14N2O5S/c1-8-3-4-9(12(14)15)7-10(8)18(16,17)11(2)5-6-13/h3-4,7,13H,5-6H2,1-2H3. The first-order valence-corrected chi connectivity index (χ1v) is 6.57. The summed E-state index contributed by atoms with van der Waals surface area (Å²) in [5.74, 6) is 0. The first-order valence-electron chi connectivity index (χ1n) is 5.13. The van der Waals surface area contributed by atoms with Gasteiger partial charge >= 0.3 is 0 Å². The first-order chi connectivity index (χ1) is 8.30. The Morgan fingerprint density at radius 1 is 1.44 bits per heavy atom. The predicted octanol–water partition coefficient (Wildman–Crippen LogP) is 0.516. The van der Waals surface area contributed by atoms with Crippen LogP contribution < -0.4 is 0 Å². The van der Waals surface area contributed by atoms with Gasteiger partial charge in [-0.25, -0.2) is 8.42 Å². The zero-order chi connectivity index (χ0) is 13.9. The molecule has 1 rings (SSSR count). The molecule has 0 atom stereocenters. The van der Waals surface area contributed by atoms with Gasteiger partial charge < -0.3 is 5.11 Å². The number of sulfonamides is 1. The van der Waals surface area contributed by atoms with Crippen molar-refractivity contribution in [1.82, 2.24) is 4.31 Å². The lowest BCUT2D eigenvalue weighted by Crippen LogP contribution is -2.30. The van der Waals surface area contributed by atoms with Crippen molar-refractivity contribution in [2.24, 2.45) is 0 Å². The summed E-state index contributed by atoms with van der Waals surface area (Å²) in [6.07, 6.45) is 0. The fourth-order valence-electron chi connectivity index (χ4n) is 1.41. The highest BCUT2D eigenvalue weighted by Crippen LogP contribution is 2.23. The maximum atomic E-state index is 12.1. The van der Waals surface area contributed by atoms with Crippen LogP contribution in [0.3, 0.4) is 0 Å². The molecule has 1 N–H and O–H groups in total. The van der Waals surface area contributed by atoms with Gasteiger partial charge in [-0.2, -0.15) is 4.31 Å². The van der Waals surface area contributed by atoms with Crippen molar-refractivity contribution in [2.45, 2.75) is 11.8 Å². The first kappa shape index (κ1) is 14.6. The van der Waals surface area contributed by atoms with E-state index in [1.54, 1.807) is 6.92 Å². The number of nitro benzene ring substituents is 1. The number of nitrogens with zero attached hydrogens (tertiary/aromatic N) is 2. The molecule has 0 heterocycles. The third-order valence-corrected chi connectivity index (χ3v) is 4.48. The summed E-state index contributed by atoms with van der Waals surface area (Å²) in [6.45, 7) is 1.18. The third-order valence-electron chi connectivity index (χ3n) is 2.49. The molecule has 0 bridgehead atoms. The van der Waals surface area contributed by atoms with E-state index < -0.39 is 14.9 Å². The fraction of sp³-hybridized carbons (Fsp3) is 0.400. The van der Waals surface area contributed by atoms with E-state index in [-0.39, 0.29) is 23.7 Å². The number of hydrogen-bond donors (Lipinski definition) is 1. The average molecular weight is 274 g/mol. The van der Waals surface area contributed by atoms with Crippen LogP contribution in [0.4, 0.5) is 5.69 Å². The van der Waals surface area contributed by atoms with Crippen LogP contribution in [0.15, 0.2) is 23.1 Å². The monoisotopic (exact) mass is 274 g/mol. The van der Waals surface area contributed by atoms with Crippen molar-refractivity contribution in [3.8, 4) is 0 Å². The number of aliphatic hydroxyl groups excluding tert-OH is 1. The molecular weight excluding hydrogens is 260 g/mol. The third kappa shape index (κ3) is 2.84. The lowest BCUT2D eigenvalue weighted by molar-refractivity contribution is -0.385.